The minimum Gasteiger partial charge on any atom is -0.338 e. The van der Waals surface area contributed by atoms with E-state index < -0.39 is 10.0 Å². The minimum absolute atomic E-state index is 0.0204. The summed E-state index contributed by atoms with van der Waals surface area (Å²) in [5.74, 6) is 0.537. The molecule has 35 heavy (non-hydrogen) atoms. The zero-order valence-corrected chi connectivity index (χ0v) is 22.7. The summed E-state index contributed by atoms with van der Waals surface area (Å²) in [4.78, 5) is 18.5. The molecule has 0 bridgehead atoms. The second-order valence-corrected chi connectivity index (χ2v) is 13.7. The molecule has 6 nitrogen and oxygen atoms in total. The molecule has 2 aliphatic heterocycles. The fourth-order valence-corrected chi connectivity index (χ4v) is 7.86. The van der Waals surface area contributed by atoms with Crippen LogP contribution >= 0.6 is 0 Å². The summed E-state index contributed by atoms with van der Waals surface area (Å²) < 4.78 is 28.5. The number of likely N-dealkylation sites (tertiary alicyclic amines) is 1. The van der Waals surface area contributed by atoms with Crippen LogP contribution in [0.4, 0.5) is 0 Å². The fraction of sp³-hybridized carbons (Fsp3) is 0.750. The van der Waals surface area contributed by atoms with Gasteiger partial charge in [-0.2, -0.15) is 4.31 Å². The highest BCUT2D eigenvalue weighted by Crippen LogP contribution is 2.32. The number of carbonyl (C=O) groups excluding carboxylic acids is 1. The molecule has 2 saturated heterocycles. The van der Waals surface area contributed by atoms with Crippen LogP contribution in [0.15, 0.2) is 29.2 Å². The predicted molar refractivity (Wildman–Crippen MR) is 141 cm³/mol. The average molecular weight is 504 g/mol. The topological polar surface area (TPSA) is 60.9 Å². The Bertz CT molecular complexity index is 950. The summed E-state index contributed by atoms with van der Waals surface area (Å²) in [6, 6.07) is 6.79. The van der Waals surface area contributed by atoms with Crippen molar-refractivity contribution >= 4 is 15.9 Å². The zero-order chi connectivity index (χ0) is 24.9. The minimum atomic E-state index is -3.61. The van der Waals surface area contributed by atoms with Crippen LogP contribution in [0.1, 0.15) is 88.4 Å². The first-order chi connectivity index (χ1) is 16.7. The number of hydrogen-bond acceptors (Lipinski definition) is 4. The van der Waals surface area contributed by atoms with Crippen molar-refractivity contribution in [1.82, 2.24) is 14.1 Å². The Morgan fingerprint density at radius 3 is 2.49 bits per heavy atom. The average Bonchev–Trinajstić information content (AvgIpc) is 3.37. The van der Waals surface area contributed by atoms with Gasteiger partial charge in [-0.1, -0.05) is 39.2 Å². The lowest BCUT2D eigenvalue weighted by Gasteiger charge is -2.37. The van der Waals surface area contributed by atoms with E-state index in [0.29, 0.717) is 24.6 Å². The molecule has 1 saturated carbocycles. The number of sulfonamides is 1. The molecule has 0 atom stereocenters. The van der Waals surface area contributed by atoms with E-state index >= 15 is 0 Å². The van der Waals surface area contributed by atoms with E-state index in [2.05, 4.69) is 18.7 Å². The second kappa shape index (κ2) is 11.7. The molecule has 0 spiro atoms. The summed E-state index contributed by atoms with van der Waals surface area (Å²) in [6.07, 6.45) is 11.6. The first-order valence-corrected chi connectivity index (χ1v) is 15.3. The number of amides is 1. The van der Waals surface area contributed by atoms with Crippen LogP contribution in [0.25, 0.3) is 0 Å². The monoisotopic (exact) mass is 503 g/mol. The van der Waals surface area contributed by atoms with Crippen LogP contribution in [0, 0.1) is 11.3 Å². The maximum atomic E-state index is 13.7. The molecule has 2 heterocycles. The van der Waals surface area contributed by atoms with Gasteiger partial charge in [0.15, 0.2) is 0 Å². The smallest absolute Gasteiger partial charge is 0.253 e. The van der Waals surface area contributed by atoms with Gasteiger partial charge in [-0.05, 0) is 94.1 Å². The molecule has 0 aromatic heterocycles. The molecule has 1 aromatic rings. The SMILES string of the molecule is CC1(C)CCCN(S(=O)(=O)c2cccc(C(=O)N(CCCN3CCCC3)CC3CCCCC3)c2)C1. The van der Waals surface area contributed by atoms with Gasteiger partial charge in [-0.15, -0.1) is 0 Å². The third kappa shape index (κ3) is 7.07. The van der Waals surface area contributed by atoms with E-state index in [1.165, 1.54) is 58.0 Å². The van der Waals surface area contributed by atoms with E-state index in [9.17, 15) is 13.2 Å². The molecular formula is C28H45N3O3S. The van der Waals surface area contributed by atoms with Gasteiger partial charge in [0.05, 0.1) is 4.90 Å². The first kappa shape index (κ1) is 26.6. The van der Waals surface area contributed by atoms with Gasteiger partial charge < -0.3 is 9.80 Å². The molecule has 3 fully saturated rings. The van der Waals surface area contributed by atoms with Crippen molar-refractivity contribution in [3.8, 4) is 0 Å². The van der Waals surface area contributed by atoms with Crippen LogP contribution in [0.2, 0.25) is 0 Å². The molecule has 7 heteroatoms. The summed E-state index contributed by atoms with van der Waals surface area (Å²) in [5, 5.41) is 0. The highest BCUT2D eigenvalue weighted by Gasteiger charge is 2.34. The molecule has 1 aliphatic carbocycles. The number of piperidine rings is 1. The highest BCUT2D eigenvalue weighted by molar-refractivity contribution is 7.89. The molecule has 3 aliphatic rings. The number of benzene rings is 1. The highest BCUT2D eigenvalue weighted by atomic mass is 32.2. The van der Waals surface area contributed by atoms with Crippen molar-refractivity contribution < 1.29 is 13.2 Å². The van der Waals surface area contributed by atoms with E-state index in [1.807, 2.05) is 4.90 Å². The number of rotatable bonds is 9. The van der Waals surface area contributed by atoms with Gasteiger partial charge in [-0.25, -0.2) is 8.42 Å². The summed E-state index contributed by atoms with van der Waals surface area (Å²) in [6.45, 7) is 10.2. The van der Waals surface area contributed by atoms with Crippen molar-refractivity contribution in [3.63, 3.8) is 0 Å². The largest absolute Gasteiger partial charge is 0.338 e. The molecule has 1 aromatic carbocycles. The Morgan fingerprint density at radius 1 is 1.03 bits per heavy atom. The summed E-state index contributed by atoms with van der Waals surface area (Å²) >= 11 is 0. The van der Waals surface area contributed by atoms with Gasteiger partial charge in [0.2, 0.25) is 10.0 Å². The Morgan fingerprint density at radius 2 is 1.77 bits per heavy atom. The summed E-state index contributed by atoms with van der Waals surface area (Å²) in [7, 11) is -3.61. The van der Waals surface area contributed by atoms with Crippen LogP contribution in [0.5, 0.6) is 0 Å². The maximum absolute atomic E-state index is 13.7. The van der Waals surface area contributed by atoms with Crippen molar-refractivity contribution in [2.24, 2.45) is 11.3 Å². The van der Waals surface area contributed by atoms with Crippen LogP contribution < -0.4 is 0 Å². The number of carbonyl (C=O) groups is 1. The standard InChI is InChI=1S/C28H45N3O3S/c1-28(2)15-9-20-31(23-28)35(33,34)26-14-8-13-25(21-26)27(32)30(22-24-11-4-3-5-12-24)19-10-18-29-16-6-7-17-29/h8,13-14,21,24H,3-7,9-12,15-20,22-23H2,1-2H3. The molecule has 0 radical (unpaired) electrons. The van der Waals surface area contributed by atoms with Crippen molar-refractivity contribution in [2.45, 2.75) is 83.0 Å². The Hall–Kier alpha value is -1.44. The summed E-state index contributed by atoms with van der Waals surface area (Å²) in [5.41, 5.74) is 0.476. The molecule has 1 amide bonds. The first-order valence-electron chi connectivity index (χ1n) is 13.9. The lowest BCUT2D eigenvalue weighted by Crippen LogP contribution is -2.43. The molecular weight excluding hydrogens is 458 g/mol. The van der Waals surface area contributed by atoms with Crippen molar-refractivity contribution in [1.29, 1.82) is 0 Å². The molecule has 0 unspecified atom stereocenters. The molecule has 0 N–H and O–H groups in total. The van der Waals surface area contributed by atoms with Crippen molar-refractivity contribution in [2.75, 3.05) is 45.8 Å². The van der Waals surface area contributed by atoms with Gasteiger partial charge >= 0.3 is 0 Å². The third-order valence-corrected chi connectivity index (χ3v) is 10.0. The lowest BCUT2D eigenvalue weighted by atomic mass is 9.85. The van der Waals surface area contributed by atoms with E-state index in [1.54, 1.807) is 28.6 Å². The van der Waals surface area contributed by atoms with Gasteiger partial charge in [0, 0.05) is 31.7 Å². The van der Waals surface area contributed by atoms with E-state index in [-0.39, 0.29) is 16.2 Å². The Kier molecular flexibility index (Phi) is 8.93. The van der Waals surface area contributed by atoms with E-state index in [4.69, 9.17) is 0 Å². The second-order valence-electron chi connectivity index (χ2n) is 11.8. The Balaban J connectivity index is 1.48. The van der Waals surface area contributed by atoms with E-state index in [0.717, 1.165) is 38.9 Å². The normalized spacial score (nSPS) is 22.3. The molecule has 196 valence electrons. The molecule has 4 rings (SSSR count). The third-order valence-electron chi connectivity index (χ3n) is 8.18. The Labute approximate surface area is 213 Å². The van der Waals surface area contributed by atoms with Crippen LogP contribution in [-0.2, 0) is 10.0 Å². The number of nitrogens with zero attached hydrogens (tertiary/aromatic N) is 3. The number of hydrogen-bond donors (Lipinski definition) is 0. The van der Waals surface area contributed by atoms with Crippen LogP contribution in [-0.4, -0.2) is 74.2 Å². The van der Waals surface area contributed by atoms with Crippen molar-refractivity contribution in [3.05, 3.63) is 29.8 Å². The van der Waals surface area contributed by atoms with Crippen LogP contribution in [0.3, 0.4) is 0 Å². The fourth-order valence-electron chi connectivity index (χ4n) is 6.14. The van der Waals surface area contributed by atoms with Gasteiger partial charge in [-0.3, -0.25) is 4.79 Å². The predicted octanol–water partition coefficient (Wildman–Crippen LogP) is 5.01. The van der Waals surface area contributed by atoms with Gasteiger partial charge in [0.1, 0.15) is 0 Å². The lowest BCUT2D eigenvalue weighted by molar-refractivity contribution is 0.0706. The maximum Gasteiger partial charge on any atom is 0.253 e. The van der Waals surface area contributed by atoms with Gasteiger partial charge in [0.25, 0.3) is 5.91 Å². The zero-order valence-electron chi connectivity index (χ0n) is 21.9. The quantitative estimate of drug-likeness (QED) is 0.476.